The third kappa shape index (κ3) is 6.31. The summed E-state index contributed by atoms with van der Waals surface area (Å²) >= 11 is 0. The summed E-state index contributed by atoms with van der Waals surface area (Å²) in [6.45, 7) is 44.0. The molecule has 64 heavy (non-hydrogen) atoms. The maximum absolute atomic E-state index is 7.80. The Morgan fingerprint density at radius 3 is 1.67 bits per heavy atom. The number of benzene rings is 4. The van der Waals surface area contributed by atoms with Crippen molar-refractivity contribution in [3.05, 3.63) is 105 Å². The molecule has 0 unspecified atom stereocenters. The number of rotatable bonds is 3. The minimum atomic E-state index is -0.902. The SMILES string of the molecule is Cc1cc2c3c(c1)N(c1ccc(C(C)(C)C)cc1[Si](C)C)c1c(oc4c1C(C)(C)CCC4(C)C)B3c1cc3c(cc1N2c1ccc2c(c1)C(C)(C)CCC2(C)C)C(C)(C)CCC3(C)C. The summed E-state index contributed by atoms with van der Waals surface area (Å²) in [5.74, 6) is 1.19. The zero-order chi connectivity index (χ0) is 46.2. The monoisotopic (exact) mass is 868 g/mol. The van der Waals surface area contributed by atoms with Crippen molar-refractivity contribution in [3.8, 4) is 0 Å². The van der Waals surface area contributed by atoms with Crippen molar-refractivity contribution in [1.29, 1.82) is 0 Å². The van der Waals surface area contributed by atoms with Crippen molar-refractivity contribution >= 4 is 71.4 Å². The molecule has 1 radical (unpaired) electrons. The van der Waals surface area contributed by atoms with Crippen LogP contribution in [0.4, 0.5) is 34.1 Å². The average Bonchev–Trinajstić information content (AvgIpc) is 3.62. The van der Waals surface area contributed by atoms with E-state index in [-0.39, 0.29) is 44.6 Å². The van der Waals surface area contributed by atoms with Gasteiger partial charge in [-0.25, -0.2) is 0 Å². The van der Waals surface area contributed by atoms with Crippen LogP contribution in [0.2, 0.25) is 13.1 Å². The fourth-order valence-corrected chi connectivity index (χ4v) is 14.0. The molecule has 3 aliphatic carbocycles. The van der Waals surface area contributed by atoms with Crippen molar-refractivity contribution in [1.82, 2.24) is 0 Å². The standard InChI is InChI=1S/C59H76BN2OSi/c1-35-29-45-49-46(30-35)62(43-22-19-36(53(2,3)4)31-47(43)64(17)18)50-48-51(59(15,16)28-27-58(48,13)14)63-52(50)60(49)42-33-40-41(57(11,12)26-25-56(40,9)10)34-44(42)61(45)37-20-21-38-39(32-37)55(7,8)24-23-54(38,5)6/h19-22,29-34H,23-28H2,1-18H3. The lowest BCUT2D eigenvalue weighted by atomic mass is 9.35. The van der Waals surface area contributed by atoms with Crippen LogP contribution in [-0.4, -0.2) is 15.5 Å². The number of anilines is 6. The van der Waals surface area contributed by atoms with Gasteiger partial charge in [-0.2, -0.15) is 0 Å². The Kier molecular flexibility index (Phi) is 9.31. The predicted molar refractivity (Wildman–Crippen MR) is 279 cm³/mol. The molecule has 0 spiro atoms. The quantitative estimate of drug-likeness (QED) is 0.165. The molecule has 0 saturated carbocycles. The summed E-state index contributed by atoms with van der Waals surface area (Å²) in [7, 11) is -0.902. The van der Waals surface area contributed by atoms with E-state index in [0.29, 0.717) is 0 Å². The van der Waals surface area contributed by atoms with E-state index < -0.39 is 8.80 Å². The van der Waals surface area contributed by atoms with Crippen LogP contribution < -0.4 is 31.6 Å². The topological polar surface area (TPSA) is 19.6 Å². The van der Waals surface area contributed by atoms with Gasteiger partial charge < -0.3 is 14.2 Å². The van der Waals surface area contributed by atoms with Crippen molar-refractivity contribution < 1.29 is 4.42 Å². The first kappa shape index (κ1) is 43.9. The van der Waals surface area contributed by atoms with Gasteiger partial charge in [-0.1, -0.05) is 141 Å². The smallest absolute Gasteiger partial charge is 0.297 e. The van der Waals surface area contributed by atoms with Crippen LogP contribution >= 0.6 is 0 Å². The number of aryl methyl sites for hydroxylation is 1. The van der Waals surface area contributed by atoms with Crippen molar-refractivity contribution in [2.45, 2.75) is 200 Å². The maximum atomic E-state index is 7.80. The van der Waals surface area contributed by atoms with Crippen LogP contribution in [0.5, 0.6) is 0 Å². The van der Waals surface area contributed by atoms with E-state index >= 15 is 0 Å². The molecule has 335 valence electrons. The van der Waals surface area contributed by atoms with E-state index in [1.165, 1.54) is 121 Å². The number of fused-ring (bicyclic) bond motifs is 8. The molecule has 3 nitrogen and oxygen atoms in total. The fraction of sp³-hybridized carbons (Fsp3) is 0.525. The van der Waals surface area contributed by atoms with Crippen LogP contribution in [0.1, 0.15) is 187 Å². The molecule has 5 aromatic rings. The Morgan fingerprint density at radius 1 is 0.547 bits per heavy atom. The largest absolute Gasteiger partial charge is 0.472 e. The van der Waals surface area contributed by atoms with Gasteiger partial charge in [0, 0.05) is 39.4 Å². The minimum absolute atomic E-state index is 0.0511. The molecule has 5 heteroatoms. The van der Waals surface area contributed by atoms with Gasteiger partial charge in [0.1, 0.15) is 5.76 Å². The van der Waals surface area contributed by atoms with E-state index in [1.54, 1.807) is 0 Å². The third-order valence-corrected chi connectivity index (χ3v) is 18.9. The highest BCUT2D eigenvalue weighted by Crippen LogP contribution is 2.56. The van der Waals surface area contributed by atoms with Gasteiger partial charge in [-0.3, -0.25) is 0 Å². The lowest BCUT2D eigenvalue weighted by molar-refractivity contribution is 0.282. The molecule has 2 aliphatic heterocycles. The molecule has 0 fully saturated rings. The number of hydrogen-bond acceptors (Lipinski definition) is 3. The van der Waals surface area contributed by atoms with E-state index in [1.807, 2.05) is 0 Å². The summed E-state index contributed by atoms with van der Waals surface area (Å²) in [6.07, 6.45) is 6.99. The number of hydrogen-bond donors (Lipinski definition) is 0. The molecular formula is C59H76BN2OSi. The summed E-state index contributed by atoms with van der Waals surface area (Å²) in [5.41, 5.74) is 22.1. The first-order chi connectivity index (χ1) is 29.6. The Labute approximate surface area is 389 Å². The molecule has 10 rings (SSSR count). The summed E-state index contributed by atoms with van der Waals surface area (Å²) in [4.78, 5) is 5.43. The third-order valence-electron chi connectivity index (χ3n) is 17.4. The molecule has 4 aromatic carbocycles. The van der Waals surface area contributed by atoms with Gasteiger partial charge in [0.15, 0.2) is 0 Å². The Bertz CT molecular complexity index is 2790. The van der Waals surface area contributed by atoms with E-state index in [9.17, 15) is 0 Å². The highest BCUT2D eigenvalue weighted by molar-refractivity contribution is 6.99. The maximum Gasteiger partial charge on any atom is 0.297 e. The molecule has 0 amide bonds. The van der Waals surface area contributed by atoms with Crippen LogP contribution in [0, 0.1) is 6.92 Å². The van der Waals surface area contributed by atoms with Crippen LogP contribution in [-0.2, 0) is 37.9 Å². The van der Waals surface area contributed by atoms with Crippen LogP contribution in [0.15, 0.2) is 65.1 Å². The molecular weight excluding hydrogens is 792 g/mol. The second kappa shape index (κ2) is 13.6. The Balaban J connectivity index is 1.36. The molecule has 1 aromatic heterocycles. The Morgan fingerprint density at radius 2 is 1.08 bits per heavy atom. The second-order valence-corrected chi connectivity index (χ2v) is 28.9. The highest BCUT2D eigenvalue weighted by Gasteiger charge is 2.54. The van der Waals surface area contributed by atoms with Crippen molar-refractivity contribution in [3.63, 3.8) is 0 Å². The zero-order valence-corrected chi connectivity index (χ0v) is 43.9. The average molecular weight is 868 g/mol. The predicted octanol–water partition coefficient (Wildman–Crippen LogP) is 14.0. The second-order valence-electron chi connectivity index (χ2n) is 26.3. The lowest BCUT2D eigenvalue weighted by Crippen LogP contribution is -2.62. The molecule has 0 saturated heterocycles. The molecule has 0 N–H and O–H groups in total. The van der Waals surface area contributed by atoms with Crippen LogP contribution in [0.3, 0.4) is 0 Å². The zero-order valence-electron chi connectivity index (χ0n) is 42.9. The lowest BCUT2D eigenvalue weighted by Gasteiger charge is -2.47. The van der Waals surface area contributed by atoms with Crippen molar-refractivity contribution in [2.75, 3.05) is 9.80 Å². The molecule has 0 bridgehead atoms. The van der Waals surface area contributed by atoms with Gasteiger partial charge in [-0.05, 0) is 164 Å². The van der Waals surface area contributed by atoms with E-state index in [0.717, 1.165) is 18.5 Å². The molecule has 5 aliphatic rings. The number of furan rings is 1. The Hall–Kier alpha value is -3.96. The first-order valence-electron chi connectivity index (χ1n) is 24.8. The molecule has 0 atom stereocenters. The minimum Gasteiger partial charge on any atom is -0.472 e. The first-order valence-corrected chi connectivity index (χ1v) is 27.3. The molecule has 3 heterocycles. The number of nitrogens with zero attached hydrogens (tertiary/aromatic N) is 2. The van der Waals surface area contributed by atoms with Gasteiger partial charge in [0.2, 0.25) is 0 Å². The highest BCUT2D eigenvalue weighted by atomic mass is 28.3. The normalized spacial score (nSPS) is 21.4. The fourth-order valence-electron chi connectivity index (χ4n) is 12.8. The van der Waals surface area contributed by atoms with Gasteiger partial charge in [-0.15, -0.1) is 0 Å². The van der Waals surface area contributed by atoms with Crippen LogP contribution in [0.25, 0.3) is 0 Å². The van der Waals surface area contributed by atoms with E-state index in [4.69, 9.17) is 4.42 Å². The van der Waals surface area contributed by atoms with Gasteiger partial charge in [0.25, 0.3) is 6.71 Å². The summed E-state index contributed by atoms with van der Waals surface area (Å²) < 4.78 is 7.80. The van der Waals surface area contributed by atoms with Crippen molar-refractivity contribution in [2.24, 2.45) is 0 Å². The summed E-state index contributed by atoms with van der Waals surface area (Å²) in [6, 6.07) is 25.4. The summed E-state index contributed by atoms with van der Waals surface area (Å²) in [5, 5.41) is 1.49. The van der Waals surface area contributed by atoms with Gasteiger partial charge in [0.05, 0.1) is 20.1 Å². The van der Waals surface area contributed by atoms with E-state index in [2.05, 4.69) is 194 Å². The van der Waals surface area contributed by atoms with Gasteiger partial charge >= 0.3 is 0 Å².